The van der Waals surface area contributed by atoms with Gasteiger partial charge in [-0.1, -0.05) is 48.5 Å². The van der Waals surface area contributed by atoms with Crippen molar-refractivity contribution >= 4 is 11.8 Å². The molecule has 1 N–H and O–H groups in total. The second kappa shape index (κ2) is 7.56. The van der Waals surface area contributed by atoms with Crippen LogP contribution in [0.2, 0.25) is 0 Å². The van der Waals surface area contributed by atoms with Gasteiger partial charge in [-0.15, -0.1) is 0 Å². The normalized spacial score (nSPS) is 22.8. The fourth-order valence-corrected chi connectivity index (χ4v) is 5.06. The van der Waals surface area contributed by atoms with Gasteiger partial charge < -0.3 is 15.1 Å². The van der Waals surface area contributed by atoms with Crippen LogP contribution in [0, 0.1) is 5.92 Å². The van der Waals surface area contributed by atoms with Gasteiger partial charge in [0.05, 0.1) is 17.2 Å². The van der Waals surface area contributed by atoms with Crippen LogP contribution in [-0.4, -0.2) is 46.3 Å². The summed E-state index contributed by atoms with van der Waals surface area (Å²) in [4.78, 5) is 31.2. The first kappa shape index (κ1) is 19.9. The van der Waals surface area contributed by atoms with Crippen LogP contribution in [0.25, 0.3) is 0 Å². The summed E-state index contributed by atoms with van der Waals surface area (Å²) in [7, 11) is 0. The number of amides is 2. The van der Waals surface area contributed by atoms with Crippen molar-refractivity contribution in [3.8, 4) is 0 Å². The fraction of sp³-hybridized carbons (Fsp3) is 0.385. The van der Waals surface area contributed by atoms with E-state index in [9.17, 15) is 9.59 Å². The van der Waals surface area contributed by atoms with Gasteiger partial charge in [0.15, 0.2) is 0 Å². The number of hydrogen-bond acceptors (Lipinski definition) is 3. The van der Waals surface area contributed by atoms with Gasteiger partial charge in [0.1, 0.15) is 0 Å². The topological polar surface area (TPSA) is 52.7 Å². The van der Waals surface area contributed by atoms with E-state index in [1.165, 1.54) is 0 Å². The molecule has 2 aromatic rings. The summed E-state index contributed by atoms with van der Waals surface area (Å²) in [6, 6.07) is 19.4. The molecule has 0 aromatic heterocycles. The lowest BCUT2D eigenvalue weighted by molar-refractivity contribution is -0.130. The van der Waals surface area contributed by atoms with Gasteiger partial charge in [-0.05, 0) is 50.3 Å². The number of rotatable bonds is 4. The maximum Gasteiger partial charge on any atom is 0.254 e. The summed E-state index contributed by atoms with van der Waals surface area (Å²) in [5, 5.41) is 3.55. The highest BCUT2D eigenvalue weighted by Crippen LogP contribution is 2.46. The van der Waals surface area contributed by atoms with Crippen LogP contribution in [0.15, 0.2) is 71.9 Å². The molecule has 5 nitrogen and oxygen atoms in total. The molecule has 31 heavy (non-hydrogen) atoms. The molecule has 5 heteroatoms. The average Bonchev–Trinajstić information content (AvgIpc) is 3.61. The van der Waals surface area contributed by atoms with E-state index in [0.29, 0.717) is 31.1 Å². The second-order valence-corrected chi connectivity index (χ2v) is 9.30. The number of hydrogen-bond donors (Lipinski definition) is 1. The number of benzene rings is 2. The highest BCUT2D eigenvalue weighted by Gasteiger charge is 2.53. The van der Waals surface area contributed by atoms with E-state index in [4.69, 9.17) is 0 Å². The Morgan fingerprint density at radius 2 is 1.68 bits per heavy atom. The molecule has 1 saturated carbocycles. The minimum absolute atomic E-state index is 0.0140. The zero-order valence-electron chi connectivity index (χ0n) is 18.2. The maximum absolute atomic E-state index is 13.8. The van der Waals surface area contributed by atoms with Crippen molar-refractivity contribution in [2.24, 2.45) is 5.92 Å². The largest absolute Gasteiger partial charge is 0.384 e. The Labute approximate surface area is 183 Å². The van der Waals surface area contributed by atoms with Crippen LogP contribution in [-0.2, 0) is 11.3 Å². The highest BCUT2D eigenvalue weighted by atomic mass is 16.2. The van der Waals surface area contributed by atoms with Crippen LogP contribution >= 0.6 is 0 Å². The van der Waals surface area contributed by atoms with Crippen LogP contribution in [0.5, 0.6) is 0 Å². The molecular formula is C26H29N3O2. The first-order chi connectivity index (χ1) is 15.0. The lowest BCUT2D eigenvalue weighted by atomic mass is 9.94. The van der Waals surface area contributed by atoms with Crippen molar-refractivity contribution in [3.05, 3.63) is 83.1 Å². The number of nitrogens with one attached hydrogen (secondary N) is 1. The molecule has 1 unspecified atom stereocenters. The molecule has 1 aliphatic carbocycles. The molecule has 2 aliphatic heterocycles. The molecule has 1 fully saturated rings. The van der Waals surface area contributed by atoms with Gasteiger partial charge >= 0.3 is 0 Å². The molecule has 0 radical (unpaired) electrons. The summed E-state index contributed by atoms with van der Waals surface area (Å²) in [5.74, 6) is 0.426. The fourth-order valence-electron chi connectivity index (χ4n) is 5.06. The van der Waals surface area contributed by atoms with Crippen LogP contribution < -0.4 is 5.32 Å². The molecule has 3 aliphatic rings. The maximum atomic E-state index is 13.8. The monoisotopic (exact) mass is 415 g/mol. The van der Waals surface area contributed by atoms with Gasteiger partial charge in [-0.2, -0.15) is 0 Å². The molecule has 2 aromatic carbocycles. The standard InChI is InChI=1S/C26H29N3O2/c1-26(2)23-21(25(31)29(26)17-18-9-5-3-6-10-18)22(19-13-14-19)28(16-15-27-23)24(30)20-11-7-4-8-12-20/h3-12,19,22,27H,13-17H2,1-2H3. The van der Waals surface area contributed by atoms with E-state index in [1.54, 1.807) is 0 Å². The van der Waals surface area contributed by atoms with Crippen molar-refractivity contribution in [2.75, 3.05) is 13.1 Å². The predicted molar refractivity (Wildman–Crippen MR) is 120 cm³/mol. The minimum Gasteiger partial charge on any atom is -0.384 e. The number of carbonyl (C=O) groups excluding carboxylic acids is 2. The third-order valence-electron chi connectivity index (χ3n) is 6.85. The molecule has 160 valence electrons. The third kappa shape index (κ3) is 3.42. The summed E-state index contributed by atoms with van der Waals surface area (Å²) < 4.78 is 0. The van der Waals surface area contributed by atoms with Crippen molar-refractivity contribution in [2.45, 2.75) is 44.8 Å². The predicted octanol–water partition coefficient (Wildman–Crippen LogP) is 3.59. The van der Waals surface area contributed by atoms with Crippen molar-refractivity contribution in [1.82, 2.24) is 15.1 Å². The van der Waals surface area contributed by atoms with Gasteiger partial charge in [0.2, 0.25) is 0 Å². The Kier molecular flexibility index (Phi) is 4.84. The molecule has 1 atom stereocenters. The smallest absolute Gasteiger partial charge is 0.254 e. The molecule has 2 heterocycles. The summed E-state index contributed by atoms with van der Waals surface area (Å²) >= 11 is 0. The zero-order chi connectivity index (χ0) is 21.6. The highest BCUT2D eigenvalue weighted by molar-refractivity contribution is 6.02. The van der Waals surface area contributed by atoms with E-state index in [-0.39, 0.29) is 17.9 Å². The van der Waals surface area contributed by atoms with Gasteiger partial charge in [-0.25, -0.2) is 0 Å². The summed E-state index contributed by atoms with van der Waals surface area (Å²) in [5.41, 5.74) is 3.14. The first-order valence-corrected chi connectivity index (χ1v) is 11.2. The van der Waals surface area contributed by atoms with Gasteiger partial charge in [0.25, 0.3) is 11.8 Å². The van der Waals surface area contributed by atoms with Gasteiger partial charge in [0, 0.05) is 30.9 Å². The van der Waals surface area contributed by atoms with E-state index < -0.39 is 5.54 Å². The third-order valence-corrected chi connectivity index (χ3v) is 6.85. The molecule has 0 spiro atoms. The van der Waals surface area contributed by atoms with Gasteiger partial charge in [-0.3, -0.25) is 9.59 Å². The van der Waals surface area contributed by atoms with Crippen molar-refractivity contribution < 1.29 is 9.59 Å². The lowest BCUT2D eigenvalue weighted by Gasteiger charge is -2.36. The van der Waals surface area contributed by atoms with E-state index >= 15 is 0 Å². The summed E-state index contributed by atoms with van der Waals surface area (Å²) in [6.45, 7) is 6.04. The van der Waals surface area contributed by atoms with Crippen LogP contribution in [0.1, 0.15) is 42.6 Å². The molecular weight excluding hydrogens is 386 g/mol. The SMILES string of the molecule is CC1(C)C2=C(C(=O)N1Cc1ccccc1)C(C1CC1)N(C(=O)c1ccccc1)CCN2. The van der Waals surface area contributed by atoms with Crippen molar-refractivity contribution in [1.29, 1.82) is 0 Å². The quantitative estimate of drug-likeness (QED) is 0.830. The molecule has 0 bridgehead atoms. The van der Waals surface area contributed by atoms with E-state index in [2.05, 4.69) is 31.3 Å². The minimum atomic E-state index is -0.443. The van der Waals surface area contributed by atoms with Crippen molar-refractivity contribution in [3.63, 3.8) is 0 Å². The molecule has 2 amide bonds. The zero-order valence-corrected chi connectivity index (χ0v) is 18.2. The Bertz CT molecular complexity index is 1030. The Morgan fingerprint density at radius 1 is 1.03 bits per heavy atom. The summed E-state index contributed by atoms with van der Waals surface area (Å²) in [6.07, 6.45) is 2.12. The Hall–Kier alpha value is -3.08. The molecule has 5 rings (SSSR count). The number of carbonyl (C=O) groups is 2. The molecule has 0 saturated heterocycles. The van der Waals surface area contributed by atoms with E-state index in [1.807, 2.05) is 58.3 Å². The average molecular weight is 416 g/mol. The number of nitrogens with zero attached hydrogens (tertiary/aromatic N) is 2. The first-order valence-electron chi connectivity index (χ1n) is 11.2. The van der Waals surface area contributed by atoms with Crippen LogP contribution in [0.4, 0.5) is 0 Å². The van der Waals surface area contributed by atoms with Crippen LogP contribution in [0.3, 0.4) is 0 Å². The Morgan fingerprint density at radius 3 is 2.32 bits per heavy atom. The van der Waals surface area contributed by atoms with E-state index in [0.717, 1.165) is 29.7 Å². The second-order valence-electron chi connectivity index (χ2n) is 9.30. The Balaban J connectivity index is 1.52. The lowest BCUT2D eigenvalue weighted by Crippen LogP contribution is -2.49.